The van der Waals surface area contributed by atoms with E-state index in [1.165, 1.54) is 12.1 Å². The number of halogens is 4. The summed E-state index contributed by atoms with van der Waals surface area (Å²) in [5.74, 6) is 0.0323. The molecule has 1 saturated heterocycles. The van der Waals surface area contributed by atoms with Gasteiger partial charge in [0.2, 0.25) is 6.43 Å². The van der Waals surface area contributed by atoms with E-state index in [0.29, 0.717) is 18.7 Å². The summed E-state index contributed by atoms with van der Waals surface area (Å²) in [6, 6.07) is 5.52. The number of benzene rings is 1. The van der Waals surface area contributed by atoms with Gasteiger partial charge in [0.15, 0.2) is 0 Å². The molecular formula is C14H18F4N2O. The van der Waals surface area contributed by atoms with Crippen LogP contribution in [0.5, 0.6) is 5.75 Å². The molecule has 21 heavy (non-hydrogen) atoms. The molecule has 0 aliphatic carbocycles. The molecule has 0 aromatic heterocycles. The van der Waals surface area contributed by atoms with Gasteiger partial charge in [-0.25, -0.2) is 8.78 Å². The Bertz CT molecular complexity index is 421. The summed E-state index contributed by atoms with van der Waals surface area (Å²) in [5.41, 5.74) is 0.693. The predicted molar refractivity (Wildman–Crippen MR) is 70.9 cm³/mol. The first-order valence-electron chi connectivity index (χ1n) is 6.84. The first-order chi connectivity index (χ1) is 10.1. The van der Waals surface area contributed by atoms with Gasteiger partial charge in [-0.1, -0.05) is 12.1 Å². The number of hydrogen-bond donors (Lipinski definition) is 1. The molecule has 1 fully saturated rings. The highest BCUT2D eigenvalue weighted by molar-refractivity contribution is 5.29. The Balaban J connectivity index is 2.11. The van der Waals surface area contributed by atoms with E-state index in [9.17, 15) is 17.6 Å². The summed E-state index contributed by atoms with van der Waals surface area (Å²) in [6.07, 6.45) is -2.68. The van der Waals surface area contributed by atoms with Crippen LogP contribution in [0, 0.1) is 0 Å². The fourth-order valence-corrected chi connectivity index (χ4v) is 2.53. The molecule has 0 saturated carbocycles. The minimum absolute atomic E-state index is 0.0323. The van der Waals surface area contributed by atoms with Crippen LogP contribution in [0.25, 0.3) is 0 Å². The van der Waals surface area contributed by atoms with Gasteiger partial charge in [-0.05, 0) is 17.7 Å². The highest BCUT2D eigenvalue weighted by Crippen LogP contribution is 2.29. The van der Waals surface area contributed by atoms with Crippen LogP contribution in [-0.2, 0) is 0 Å². The van der Waals surface area contributed by atoms with Crippen LogP contribution in [0.2, 0.25) is 0 Å². The van der Waals surface area contributed by atoms with E-state index in [0.717, 1.165) is 13.1 Å². The monoisotopic (exact) mass is 306 g/mol. The number of nitrogens with zero attached hydrogens (tertiary/aromatic N) is 1. The smallest absolute Gasteiger partial charge is 0.387 e. The summed E-state index contributed by atoms with van der Waals surface area (Å²) in [6.45, 7) is -0.00119. The maximum Gasteiger partial charge on any atom is 0.387 e. The molecule has 0 radical (unpaired) electrons. The third-order valence-electron chi connectivity index (χ3n) is 3.48. The number of alkyl halides is 4. The molecule has 2 rings (SSSR count). The molecule has 1 N–H and O–H groups in total. The van der Waals surface area contributed by atoms with Gasteiger partial charge >= 0.3 is 6.61 Å². The lowest BCUT2D eigenvalue weighted by atomic mass is 10.0. The molecular weight excluding hydrogens is 288 g/mol. The van der Waals surface area contributed by atoms with Crippen molar-refractivity contribution in [2.45, 2.75) is 25.5 Å². The molecule has 7 heteroatoms. The molecule has 0 unspecified atom stereocenters. The van der Waals surface area contributed by atoms with Gasteiger partial charge in [-0.3, -0.25) is 4.90 Å². The highest BCUT2D eigenvalue weighted by atomic mass is 19.3. The second-order valence-electron chi connectivity index (χ2n) is 4.88. The topological polar surface area (TPSA) is 24.5 Å². The summed E-state index contributed by atoms with van der Waals surface area (Å²) in [7, 11) is 0. The minimum atomic E-state index is -2.89. The number of hydrogen-bond acceptors (Lipinski definition) is 3. The van der Waals surface area contributed by atoms with Crippen LogP contribution in [0.3, 0.4) is 0 Å². The summed E-state index contributed by atoms with van der Waals surface area (Å²) >= 11 is 0. The van der Waals surface area contributed by atoms with E-state index < -0.39 is 19.1 Å². The highest BCUT2D eigenvalue weighted by Gasteiger charge is 2.25. The average molecular weight is 306 g/mol. The first-order valence-corrected chi connectivity index (χ1v) is 6.84. The Morgan fingerprint density at radius 2 is 1.67 bits per heavy atom. The van der Waals surface area contributed by atoms with Crippen molar-refractivity contribution in [1.29, 1.82) is 0 Å². The summed E-state index contributed by atoms with van der Waals surface area (Å²) in [4.78, 5) is 1.99. The lowest BCUT2D eigenvalue weighted by Crippen LogP contribution is -2.45. The van der Waals surface area contributed by atoms with Crippen molar-refractivity contribution >= 4 is 0 Å². The number of piperazine rings is 1. The first kappa shape index (κ1) is 16.0. The molecule has 1 heterocycles. The zero-order chi connectivity index (χ0) is 15.2. The molecule has 118 valence electrons. The Morgan fingerprint density at radius 1 is 1.05 bits per heavy atom. The number of nitrogens with one attached hydrogen (secondary N) is 1. The molecule has 1 aromatic rings. The van der Waals surface area contributed by atoms with Gasteiger partial charge in [0.25, 0.3) is 0 Å². The predicted octanol–water partition coefficient (Wildman–Crippen LogP) is 2.89. The average Bonchev–Trinajstić information content (AvgIpc) is 2.46. The number of rotatable bonds is 6. The molecule has 0 amide bonds. The van der Waals surface area contributed by atoms with Crippen LogP contribution in [0.15, 0.2) is 24.3 Å². The van der Waals surface area contributed by atoms with E-state index >= 15 is 0 Å². The van der Waals surface area contributed by atoms with Crippen LogP contribution in [0.1, 0.15) is 18.0 Å². The molecule has 1 aliphatic rings. The molecule has 1 atom stereocenters. The molecule has 1 aromatic carbocycles. The normalized spacial score (nSPS) is 18.2. The fourth-order valence-electron chi connectivity index (χ4n) is 2.53. The van der Waals surface area contributed by atoms with Crippen molar-refractivity contribution < 1.29 is 22.3 Å². The maximum atomic E-state index is 12.8. The van der Waals surface area contributed by atoms with E-state index in [2.05, 4.69) is 10.1 Å². The lowest BCUT2D eigenvalue weighted by molar-refractivity contribution is -0.0498. The fraction of sp³-hybridized carbons (Fsp3) is 0.571. The van der Waals surface area contributed by atoms with E-state index in [1.54, 1.807) is 12.1 Å². The Hall–Kier alpha value is -1.34. The van der Waals surface area contributed by atoms with Gasteiger partial charge < -0.3 is 10.1 Å². The number of ether oxygens (including phenoxy) is 1. The van der Waals surface area contributed by atoms with Crippen molar-refractivity contribution in [3.63, 3.8) is 0 Å². The molecule has 0 bridgehead atoms. The zero-order valence-corrected chi connectivity index (χ0v) is 11.4. The third kappa shape index (κ3) is 4.86. The zero-order valence-electron chi connectivity index (χ0n) is 11.4. The van der Waals surface area contributed by atoms with Crippen LogP contribution < -0.4 is 10.1 Å². The van der Waals surface area contributed by atoms with Crippen LogP contribution in [-0.4, -0.2) is 44.1 Å². The van der Waals surface area contributed by atoms with Gasteiger partial charge in [0.1, 0.15) is 5.75 Å². The Morgan fingerprint density at radius 3 is 2.19 bits per heavy atom. The van der Waals surface area contributed by atoms with Crippen molar-refractivity contribution in [2.75, 3.05) is 26.2 Å². The van der Waals surface area contributed by atoms with Crippen molar-refractivity contribution in [3.8, 4) is 5.75 Å². The van der Waals surface area contributed by atoms with Crippen molar-refractivity contribution in [2.24, 2.45) is 0 Å². The minimum Gasteiger partial charge on any atom is -0.435 e. The van der Waals surface area contributed by atoms with Crippen LogP contribution >= 0.6 is 0 Å². The van der Waals surface area contributed by atoms with E-state index in [-0.39, 0.29) is 12.2 Å². The molecule has 1 aliphatic heterocycles. The summed E-state index contributed by atoms with van der Waals surface area (Å²) < 4.78 is 54.1. The lowest BCUT2D eigenvalue weighted by Gasteiger charge is -2.35. The van der Waals surface area contributed by atoms with Gasteiger partial charge in [-0.15, -0.1) is 0 Å². The maximum absolute atomic E-state index is 12.8. The van der Waals surface area contributed by atoms with Crippen molar-refractivity contribution in [1.82, 2.24) is 10.2 Å². The van der Waals surface area contributed by atoms with Gasteiger partial charge in [0, 0.05) is 38.6 Å². The third-order valence-corrected chi connectivity index (χ3v) is 3.48. The van der Waals surface area contributed by atoms with Gasteiger partial charge in [0.05, 0.1) is 0 Å². The van der Waals surface area contributed by atoms with E-state index in [4.69, 9.17) is 0 Å². The van der Waals surface area contributed by atoms with Gasteiger partial charge in [-0.2, -0.15) is 8.78 Å². The molecule has 3 nitrogen and oxygen atoms in total. The largest absolute Gasteiger partial charge is 0.435 e. The second-order valence-corrected chi connectivity index (χ2v) is 4.88. The van der Waals surface area contributed by atoms with Crippen LogP contribution in [0.4, 0.5) is 17.6 Å². The quantitative estimate of drug-likeness (QED) is 0.818. The second kappa shape index (κ2) is 7.61. The summed E-state index contributed by atoms with van der Waals surface area (Å²) in [5, 5.41) is 3.17. The SMILES string of the molecule is FC(F)C[C@H](c1ccc(OC(F)F)cc1)N1CCNCC1. The van der Waals surface area contributed by atoms with E-state index in [1.807, 2.05) is 4.90 Å². The molecule has 0 spiro atoms. The van der Waals surface area contributed by atoms with Crippen molar-refractivity contribution in [3.05, 3.63) is 29.8 Å². The Kier molecular flexibility index (Phi) is 5.81. The Labute approximate surface area is 120 Å². The standard InChI is InChI=1S/C14H18F4N2O/c15-13(16)9-12(20-7-5-19-6-8-20)10-1-3-11(4-2-10)21-14(17)18/h1-4,12-14,19H,5-9H2/t12-/m1/s1.